The monoisotopic (exact) mass is 420 g/mol. The maximum Gasteiger partial charge on any atom is 0.255 e. The van der Waals surface area contributed by atoms with E-state index in [1.807, 2.05) is 37.3 Å². The van der Waals surface area contributed by atoms with Gasteiger partial charge in [-0.1, -0.05) is 49.0 Å². The van der Waals surface area contributed by atoms with Gasteiger partial charge in [0.2, 0.25) is 0 Å². The Morgan fingerprint density at radius 1 is 1.06 bits per heavy atom. The smallest absolute Gasteiger partial charge is 0.255 e. The number of carbonyl (C=O) groups excluding carboxylic acids is 1. The van der Waals surface area contributed by atoms with Gasteiger partial charge in [-0.05, 0) is 44.7 Å². The van der Waals surface area contributed by atoms with Crippen molar-refractivity contribution in [3.8, 4) is 0 Å². The summed E-state index contributed by atoms with van der Waals surface area (Å²) in [6.45, 7) is 2.66. The molecule has 1 atom stereocenters. The lowest BCUT2D eigenvalue weighted by molar-refractivity contribution is 0.0833. The summed E-state index contributed by atoms with van der Waals surface area (Å²) in [6, 6.07) is 9.68. The Hall–Kier alpha value is -2.80. The molecule has 0 unspecified atom stereocenters. The summed E-state index contributed by atoms with van der Waals surface area (Å²) in [6.07, 6.45) is 7.64. The van der Waals surface area contributed by atoms with E-state index in [4.69, 9.17) is 14.2 Å². The molecule has 1 N–H and O–H groups in total. The van der Waals surface area contributed by atoms with Crippen molar-refractivity contribution in [2.24, 2.45) is 0 Å². The molecule has 1 aromatic carbocycles. The van der Waals surface area contributed by atoms with Crippen LogP contribution in [0.5, 0.6) is 0 Å². The lowest BCUT2D eigenvalue weighted by atomic mass is 9.88. The molecule has 3 aromatic rings. The summed E-state index contributed by atoms with van der Waals surface area (Å²) in [5, 5.41) is 8.59. The van der Waals surface area contributed by atoms with Crippen molar-refractivity contribution in [2.75, 3.05) is 6.61 Å². The lowest BCUT2D eigenvalue weighted by Gasteiger charge is -2.31. The van der Waals surface area contributed by atoms with Gasteiger partial charge < -0.3 is 14.6 Å². The van der Waals surface area contributed by atoms with Gasteiger partial charge in [0.1, 0.15) is 11.6 Å². The van der Waals surface area contributed by atoms with Crippen LogP contribution >= 0.6 is 0 Å². The van der Waals surface area contributed by atoms with Gasteiger partial charge in [-0.25, -0.2) is 0 Å². The molecule has 7 heteroatoms. The SMILES string of the molecule is Cc1ccc2cccc(C(=O)NC3(c4noc([C@@H]5CCCO5)n4)CCCCCC3)c2n1. The number of aryl methyl sites for hydroxylation is 1. The summed E-state index contributed by atoms with van der Waals surface area (Å²) in [7, 11) is 0. The number of para-hydroxylation sites is 1. The molecule has 7 nitrogen and oxygen atoms in total. The van der Waals surface area contributed by atoms with Crippen molar-refractivity contribution >= 4 is 16.8 Å². The van der Waals surface area contributed by atoms with Crippen LogP contribution in [0, 0.1) is 6.92 Å². The van der Waals surface area contributed by atoms with E-state index in [0.29, 0.717) is 17.3 Å². The summed E-state index contributed by atoms with van der Waals surface area (Å²) in [5.41, 5.74) is 1.54. The second-order valence-electron chi connectivity index (χ2n) is 8.74. The third kappa shape index (κ3) is 3.94. The van der Waals surface area contributed by atoms with Crippen LogP contribution in [-0.4, -0.2) is 27.6 Å². The highest BCUT2D eigenvalue weighted by molar-refractivity contribution is 6.05. The first-order valence-electron chi connectivity index (χ1n) is 11.3. The van der Waals surface area contributed by atoms with Crippen LogP contribution in [0.25, 0.3) is 10.9 Å². The second-order valence-corrected chi connectivity index (χ2v) is 8.74. The van der Waals surface area contributed by atoms with Gasteiger partial charge >= 0.3 is 0 Å². The first-order chi connectivity index (χ1) is 15.1. The maximum atomic E-state index is 13.5. The van der Waals surface area contributed by atoms with E-state index in [-0.39, 0.29) is 12.0 Å². The van der Waals surface area contributed by atoms with Crippen LogP contribution in [0.15, 0.2) is 34.9 Å². The summed E-state index contributed by atoms with van der Waals surface area (Å²) in [5.74, 6) is 0.944. The third-order valence-corrected chi connectivity index (χ3v) is 6.49. The van der Waals surface area contributed by atoms with Crippen LogP contribution in [0.3, 0.4) is 0 Å². The van der Waals surface area contributed by atoms with Gasteiger partial charge in [0, 0.05) is 17.7 Å². The van der Waals surface area contributed by atoms with Crippen LogP contribution in [0.4, 0.5) is 0 Å². The number of rotatable bonds is 4. The van der Waals surface area contributed by atoms with Crippen LogP contribution < -0.4 is 5.32 Å². The fourth-order valence-corrected chi connectivity index (χ4v) is 4.78. The Morgan fingerprint density at radius 3 is 2.68 bits per heavy atom. The second kappa shape index (κ2) is 8.38. The molecule has 162 valence electrons. The van der Waals surface area contributed by atoms with Crippen molar-refractivity contribution in [3.05, 3.63) is 53.3 Å². The van der Waals surface area contributed by atoms with Gasteiger partial charge in [-0.2, -0.15) is 4.98 Å². The molecule has 2 aromatic heterocycles. The summed E-state index contributed by atoms with van der Waals surface area (Å²) in [4.78, 5) is 22.9. The molecule has 1 saturated carbocycles. The fourth-order valence-electron chi connectivity index (χ4n) is 4.78. The highest BCUT2D eigenvalue weighted by Crippen LogP contribution is 2.37. The molecule has 1 aliphatic heterocycles. The van der Waals surface area contributed by atoms with Crippen molar-refractivity contribution < 1.29 is 14.1 Å². The number of carbonyl (C=O) groups is 1. The molecule has 5 rings (SSSR count). The molecule has 0 radical (unpaired) electrons. The van der Waals surface area contributed by atoms with E-state index in [2.05, 4.69) is 15.5 Å². The number of amides is 1. The lowest BCUT2D eigenvalue weighted by Crippen LogP contribution is -2.46. The first-order valence-corrected chi connectivity index (χ1v) is 11.3. The number of fused-ring (bicyclic) bond motifs is 1. The zero-order valence-corrected chi connectivity index (χ0v) is 17.9. The quantitative estimate of drug-likeness (QED) is 0.612. The minimum absolute atomic E-state index is 0.134. The number of hydrogen-bond acceptors (Lipinski definition) is 6. The van der Waals surface area contributed by atoms with Gasteiger partial charge in [-0.15, -0.1) is 0 Å². The fraction of sp³-hybridized carbons (Fsp3) is 0.500. The van der Waals surface area contributed by atoms with Gasteiger partial charge in [0.05, 0.1) is 11.1 Å². The zero-order valence-electron chi connectivity index (χ0n) is 17.9. The topological polar surface area (TPSA) is 90.1 Å². The molecular weight excluding hydrogens is 392 g/mol. The van der Waals surface area contributed by atoms with Gasteiger partial charge in [-0.3, -0.25) is 9.78 Å². The standard InChI is InChI=1S/C24H28N4O3/c1-16-11-12-17-8-6-9-18(20(17)25-16)21(29)27-24(13-4-2-3-5-14-24)23-26-22(31-28-23)19-10-7-15-30-19/h6,8-9,11-12,19H,2-5,7,10,13-15H2,1H3,(H,27,29)/t19-/m0/s1. The molecule has 0 bridgehead atoms. The zero-order chi connectivity index (χ0) is 21.3. The van der Waals surface area contributed by atoms with Crippen molar-refractivity contribution in [1.29, 1.82) is 0 Å². The van der Waals surface area contributed by atoms with Gasteiger partial charge in [0.25, 0.3) is 11.8 Å². The Morgan fingerprint density at radius 2 is 1.90 bits per heavy atom. The van der Waals surface area contributed by atoms with E-state index in [1.54, 1.807) is 0 Å². The number of benzene rings is 1. The Bertz CT molecular complexity index is 1080. The Kier molecular flexibility index (Phi) is 5.44. The predicted octanol–water partition coefficient (Wildman–Crippen LogP) is 4.76. The van der Waals surface area contributed by atoms with E-state index in [0.717, 1.165) is 74.6 Å². The molecule has 0 spiro atoms. The van der Waals surface area contributed by atoms with Crippen molar-refractivity contribution in [3.63, 3.8) is 0 Å². The molecule has 2 aliphatic rings. The highest BCUT2D eigenvalue weighted by atomic mass is 16.5. The van der Waals surface area contributed by atoms with Crippen LogP contribution in [0.2, 0.25) is 0 Å². The molecule has 1 saturated heterocycles. The van der Waals surface area contributed by atoms with Crippen LogP contribution in [-0.2, 0) is 10.3 Å². The van der Waals surface area contributed by atoms with E-state index in [9.17, 15) is 4.79 Å². The van der Waals surface area contributed by atoms with Gasteiger partial charge in [0.15, 0.2) is 5.82 Å². The minimum Gasteiger partial charge on any atom is -0.368 e. The number of aromatic nitrogens is 3. The third-order valence-electron chi connectivity index (χ3n) is 6.49. The first kappa shape index (κ1) is 20.1. The average Bonchev–Trinajstić information content (AvgIpc) is 3.43. The number of hydrogen-bond donors (Lipinski definition) is 1. The molecule has 31 heavy (non-hydrogen) atoms. The highest BCUT2D eigenvalue weighted by Gasteiger charge is 2.40. The molecule has 2 fully saturated rings. The van der Waals surface area contributed by atoms with Crippen molar-refractivity contribution in [1.82, 2.24) is 20.4 Å². The average molecular weight is 421 g/mol. The molecular formula is C24H28N4O3. The predicted molar refractivity (Wildman–Crippen MR) is 116 cm³/mol. The maximum absolute atomic E-state index is 13.5. The van der Waals surface area contributed by atoms with E-state index in [1.165, 1.54) is 0 Å². The number of nitrogens with zero attached hydrogens (tertiary/aromatic N) is 3. The van der Waals surface area contributed by atoms with E-state index < -0.39 is 5.54 Å². The van der Waals surface area contributed by atoms with Crippen molar-refractivity contribution in [2.45, 2.75) is 69.9 Å². The molecule has 1 aliphatic carbocycles. The summed E-state index contributed by atoms with van der Waals surface area (Å²) >= 11 is 0. The molecule has 3 heterocycles. The normalized spacial score (nSPS) is 21.1. The van der Waals surface area contributed by atoms with E-state index >= 15 is 0 Å². The Balaban J connectivity index is 1.50. The summed E-state index contributed by atoms with van der Waals surface area (Å²) < 4.78 is 11.3. The Labute approximate surface area is 181 Å². The molecule has 1 amide bonds. The number of nitrogens with one attached hydrogen (secondary N) is 1. The minimum atomic E-state index is -0.639. The largest absolute Gasteiger partial charge is 0.368 e. The van der Waals surface area contributed by atoms with Crippen LogP contribution in [0.1, 0.15) is 85.2 Å². The number of ether oxygens (including phenoxy) is 1. The number of pyridine rings is 1.